The summed E-state index contributed by atoms with van der Waals surface area (Å²) in [7, 11) is 0. The summed E-state index contributed by atoms with van der Waals surface area (Å²) in [4.78, 5) is 13.3. The van der Waals surface area contributed by atoms with E-state index in [0.29, 0.717) is 46.2 Å². The first-order valence-corrected chi connectivity index (χ1v) is 12.8. The van der Waals surface area contributed by atoms with Gasteiger partial charge in [-0.05, 0) is 47.9 Å². The molecule has 2 aliphatic rings. The fourth-order valence-corrected chi connectivity index (χ4v) is 5.21. The summed E-state index contributed by atoms with van der Waals surface area (Å²) >= 11 is 9.49. The van der Waals surface area contributed by atoms with E-state index in [1.807, 2.05) is 38.1 Å². The van der Waals surface area contributed by atoms with Gasteiger partial charge in [-0.25, -0.2) is 4.68 Å². The van der Waals surface area contributed by atoms with Crippen LogP contribution in [0.25, 0.3) is 5.69 Å². The molecule has 0 radical (unpaired) electrons. The average molecular weight is 581 g/mol. The van der Waals surface area contributed by atoms with Crippen LogP contribution >= 0.6 is 27.5 Å². The Hall–Kier alpha value is -3.61. The molecule has 8 nitrogen and oxygen atoms in total. The molecule has 2 N–H and O–H groups in total. The third kappa shape index (κ3) is 4.99. The second-order valence-corrected chi connectivity index (χ2v) is 11.2. The Kier molecular flexibility index (Phi) is 6.56. The summed E-state index contributed by atoms with van der Waals surface area (Å²) in [5.41, 5.74) is 8.62. The molecule has 0 spiro atoms. The number of ketones is 1. The predicted molar refractivity (Wildman–Crippen MR) is 141 cm³/mol. The minimum absolute atomic E-state index is 0.00795. The van der Waals surface area contributed by atoms with Crippen LogP contribution in [-0.2, 0) is 16.1 Å². The third-order valence-corrected chi connectivity index (χ3v) is 7.11. The van der Waals surface area contributed by atoms with Crippen LogP contribution in [0.3, 0.4) is 0 Å². The zero-order valence-corrected chi connectivity index (χ0v) is 22.5. The van der Waals surface area contributed by atoms with Crippen molar-refractivity contribution in [3.63, 3.8) is 0 Å². The maximum absolute atomic E-state index is 13.3. The molecule has 1 aromatic heterocycles. The van der Waals surface area contributed by atoms with Crippen molar-refractivity contribution in [3.8, 4) is 17.5 Å². The second kappa shape index (κ2) is 9.69. The van der Waals surface area contributed by atoms with E-state index < -0.39 is 5.92 Å². The van der Waals surface area contributed by atoms with Crippen LogP contribution in [0.1, 0.15) is 43.9 Å². The lowest BCUT2D eigenvalue weighted by molar-refractivity contribution is -0.119. The Balaban J connectivity index is 1.49. The first-order valence-electron chi connectivity index (χ1n) is 11.6. The Bertz CT molecular complexity index is 1500. The maximum Gasteiger partial charge on any atom is 0.205 e. The highest BCUT2D eigenvalue weighted by Gasteiger charge is 2.43. The number of hydrogen-bond acceptors (Lipinski definition) is 7. The summed E-state index contributed by atoms with van der Waals surface area (Å²) in [5, 5.41) is 19.0. The topological polar surface area (TPSA) is 116 Å². The number of nitrogens with two attached hydrogens (primary N) is 1. The molecule has 188 valence electrons. The van der Waals surface area contributed by atoms with Gasteiger partial charge in [-0.1, -0.05) is 46.6 Å². The standard InChI is InChI=1S/C27H23BrClN5O3/c1-27(2)10-21(35)25-23(11-27)37-26(31)20(12-30)24(25)19-9-15(28)3-8-22(19)36-14-17-13-34(33-32-17)18-6-4-16(29)5-7-18/h3-9,13,24H,10-11,14,31H2,1-2H3. The zero-order valence-electron chi connectivity index (χ0n) is 20.2. The van der Waals surface area contributed by atoms with E-state index in [1.54, 1.807) is 29.1 Å². The summed E-state index contributed by atoms with van der Waals surface area (Å²) in [5.74, 6) is 0.261. The molecule has 2 heterocycles. The van der Waals surface area contributed by atoms with Crippen molar-refractivity contribution in [2.45, 2.75) is 39.2 Å². The summed E-state index contributed by atoms with van der Waals surface area (Å²) < 4.78 is 14.4. The number of halogens is 2. The quantitative estimate of drug-likeness (QED) is 0.411. The highest BCUT2D eigenvalue weighted by molar-refractivity contribution is 9.10. The first-order chi connectivity index (χ1) is 17.6. The lowest BCUT2D eigenvalue weighted by Gasteiger charge is -2.37. The second-order valence-electron chi connectivity index (χ2n) is 9.80. The van der Waals surface area contributed by atoms with E-state index in [2.05, 4.69) is 32.3 Å². The molecule has 10 heteroatoms. The number of nitrogens with zero attached hydrogens (tertiary/aromatic N) is 4. The van der Waals surface area contributed by atoms with Gasteiger partial charge in [0.25, 0.3) is 0 Å². The summed E-state index contributed by atoms with van der Waals surface area (Å²) in [6.07, 6.45) is 2.66. The summed E-state index contributed by atoms with van der Waals surface area (Å²) in [6, 6.07) is 14.9. The monoisotopic (exact) mass is 579 g/mol. The number of aromatic nitrogens is 3. The van der Waals surface area contributed by atoms with Crippen molar-refractivity contribution in [2.75, 3.05) is 0 Å². The van der Waals surface area contributed by atoms with Gasteiger partial charge in [-0.3, -0.25) is 4.79 Å². The fraction of sp³-hybridized carbons (Fsp3) is 0.259. The SMILES string of the molecule is CC1(C)CC(=O)C2=C(C1)OC(N)=C(C#N)C2c1cc(Br)ccc1OCc1cn(-c2ccc(Cl)cc2)nn1. The van der Waals surface area contributed by atoms with E-state index in [1.165, 1.54) is 0 Å². The molecule has 1 atom stereocenters. The van der Waals surface area contributed by atoms with E-state index in [0.717, 1.165) is 10.2 Å². The van der Waals surface area contributed by atoms with Gasteiger partial charge in [-0.2, -0.15) is 5.26 Å². The van der Waals surface area contributed by atoms with Crippen molar-refractivity contribution in [3.05, 3.63) is 92.2 Å². The number of carbonyl (C=O) groups excluding carboxylic acids is 1. The smallest absolute Gasteiger partial charge is 0.205 e. The van der Waals surface area contributed by atoms with Crippen molar-refractivity contribution in [1.82, 2.24) is 15.0 Å². The van der Waals surface area contributed by atoms with Crippen LogP contribution in [0.5, 0.6) is 5.75 Å². The predicted octanol–water partition coefficient (Wildman–Crippen LogP) is 5.71. The Morgan fingerprint density at radius 2 is 2.03 bits per heavy atom. The zero-order chi connectivity index (χ0) is 26.3. The van der Waals surface area contributed by atoms with Gasteiger partial charge in [0, 0.05) is 33.5 Å². The molecule has 1 aliphatic carbocycles. The fourth-order valence-electron chi connectivity index (χ4n) is 4.71. The Morgan fingerprint density at radius 1 is 1.27 bits per heavy atom. The molecule has 37 heavy (non-hydrogen) atoms. The van der Waals surface area contributed by atoms with Crippen molar-refractivity contribution in [2.24, 2.45) is 11.1 Å². The minimum Gasteiger partial charge on any atom is -0.487 e. The molecule has 0 fully saturated rings. The Morgan fingerprint density at radius 3 is 2.76 bits per heavy atom. The molecule has 1 unspecified atom stereocenters. The van der Waals surface area contributed by atoms with Gasteiger partial charge in [0.15, 0.2) is 5.78 Å². The molecule has 1 aliphatic heterocycles. The van der Waals surface area contributed by atoms with Crippen LogP contribution < -0.4 is 10.5 Å². The van der Waals surface area contributed by atoms with Crippen LogP contribution in [0, 0.1) is 16.7 Å². The molecule has 5 rings (SSSR count). The highest BCUT2D eigenvalue weighted by Crippen LogP contribution is 2.49. The van der Waals surface area contributed by atoms with Crippen molar-refractivity contribution < 1.29 is 14.3 Å². The van der Waals surface area contributed by atoms with E-state index in [9.17, 15) is 10.1 Å². The van der Waals surface area contributed by atoms with E-state index >= 15 is 0 Å². The highest BCUT2D eigenvalue weighted by atomic mass is 79.9. The number of allylic oxidation sites excluding steroid dienone is 3. The lowest BCUT2D eigenvalue weighted by Crippen LogP contribution is -2.33. The average Bonchev–Trinajstić information content (AvgIpc) is 3.31. The molecule has 0 bridgehead atoms. The minimum atomic E-state index is -0.699. The number of rotatable bonds is 5. The van der Waals surface area contributed by atoms with E-state index in [-0.39, 0.29) is 29.3 Å². The van der Waals surface area contributed by atoms with Gasteiger partial charge >= 0.3 is 0 Å². The van der Waals surface area contributed by atoms with Gasteiger partial charge in [0.1, 0.15) is 35.5 Å². The largest absolute Gasteiger partial charge is 0.487 e. The summed E-state index contributed by atoms with van der Waals surface area (Å²) in [6.45, 7) is 4.15. The van der Waals surface area contributed by atoms with Crippen molar-refractivity contribution in [1.29, 1.82) is 5.26 Å². The van der Waals surface area contributed by atoms with Crippen LogP contribution in [-0.4, -0.2) is 20.8 Å². The van der Waals surface area contributed by atoms with Crippen LogP contribution in [0.2, 0.25) is 5.02 Å². The van der Waals surface area contributed by atoms with Gasteiger partial charge < -0.3 is 15.2 Å². The number of hydrogen-bond donors (Lipinski definition) is 1. The maximum atomic E-state index is 13.3. The molecule has 0 saturated carbocycles. The van der Waals surface area contributed by atoms with Crippen molar-refractivity contribution >= 4 is 33.3 Å². The number of ether oxygens (including phenoxy) is 2. The molecule has 0 amide bonds. The number of Topliss-reactive ketones (excluding diaryl/α,β-unsaturated/α-hetero) is 1. The normalized spacial score (nSPS) is 18.8. The number of carbonyl (C=O) groups is 1. The molecule has 3 aromatic rings. The number of nitriles is 1. The molecule has 0 saturated heterocycles. The van der Waals surface area contributed by atoms with E-state index in [4.69, 9.17) is 26.8 Å². The Labute approximate surface area is 227 Å². The molecular weight excluding hydrogens is 558 g/mol. The van der Waals surface area contributed by atoms with Gasteiger partial charge in [-0.15, -0.1) is 5.10 Å². The molecule has 2 aromatic carbocycles. The molecular formula is C27H23BrClN5O3. The third-order valence-electron chi connectivity index (χ3n) is 6.37. The van der Waals surface area contributed by atoms with Crippen LogP contribution in [0.15, 0.2) is 75.9 Å². The van der Waals surface area contributed by atoms with Crippen LogP contribution in [0.4, 0.5) is 0 Å². The van der Waals surface area contributed by atoms with Gasteiger partial charge in [0.2, 0.25) is 5.88 Å². The first kappa shape index (κ1) is 25.1. The number of benzene rings is 2. The lowest BCUT2D eigenvalue weighted by atomic mass is 9.70. The van der Waals surface area contributed by atoms with Gasteiger partial charge in [0.05, 0.1) is 17.8 Å².